The minimum Gasteiger partial charge on any atom is -0.508 e. The van der Waals surface area contributed by atoms with Crippen molar-refractivity contribution in [1.29, 1.82) is 0 Å². The Balaban J connectivity index is 1.21. The third kappa shape index (κ3) is 6.78. The van der Waals surface area contributed by atoms with Crippen molar-refractivity contribution in [3.8, 4) is 5.75 Å². The highest BCUT2D eigenvalue weighted by Crippen LogP contribution is 2.29. The van der Waals surface area contributed by atoms with Crippen LogP contribution in [0.3, 0.4) is 0 Å². The highest BCUT2D eigenvalue weighted by atomic mass is 16.3. The van der Waals surface area contributed by atoms with Gasteiger partial charge in [0.2, 0.25) is 5.91 Å². The summed E-state index contributed by atoms with van der Waals surface area (Å²) in [6.07, 6.45) is 3.89. The van der Waals surface area contributed by atoms with Crippen LogP contribution < -0.4 is 5.32 Å². The van der Waals surface area contributed by atoms with Gasteiger partial charge in [0, 0.05) is 17.7 Å². The van der Waals surface area contributed by atoms with Crippen molar-refractivity contribution in [3.05, 3.63) is 95.6 Å². The van der Waals surface area contributed by atoms with E-state index in [1.54, 1.807) is 24.3 Å². The Morgan fingerprint density at radius 1 is 0.912 bits per heavy atom. The van der Waals surface area contributed by atoms with Gasteiger partial charge in [-0.05, 0) is 92.3 Å². The predicted molar refractivity (Wildman–Crippen MR) is 135 cm³/mol. The molecule has 1 heterocycles. The molecule has 0 bridgehead atoms. The van der Waals surface area contributed by atoms with Crippen molar-refractivity contribution in [3.63, 3.8) is 0 Å². The van der Waals surface area contributed by atoms with Gasteiger partial charge in [0.25, 0.3) is 0 Å². The number of phenolic OH excluding ortho intramolecular Hbond substituents is 1. The van der Waals surface area contributed by atoms with Gasteiger partial charge >= 0.3 is 0 Å². The molecule has 3 aromatic carbocycles. The molecule has 2 N–H and O–H groups in total. The zero-order valence-electron chi connectivity index (χ0n) is 19.5. The average molecular weight is 457 g/mol. The summed E-state index contributed by atoms with van der Waals surface area (Å²) >= 11 is 0. The van der Waals surface area contributed by atoms with Crippen LogP contribution in [-0.2, 0) is 11.2 Å². The smallest absolute Gasteiger partial charge is 0.228 e. The van der Waals surface area contributed by atoms with E-state index in [1.807, 2.05) is 42.5 Å². The topological polar surface area (TPSA) is 69.6 Å². The Bertz CT molecular complexity index is 1090. The molecule has 0 aromatic heterocycles. The van der Waals surface area contributed by atoms with Crippen molar-refractivity contribution in [2.24, 2.45) is 0 Å². The summed E-state index contributed by atoms with van der Waals surface area (Å²) < 4.78 is 0. The number of nitrogens with zero attached hydrogens (tertiary/aromatic N) is 1. The van der Waals surface area contributed by atoms with E-state index in [4.69, 9.17) is 0 Å². The lowest BCUT2D eigenvalue weighted by atomic mass is 9.89. The average Bonchev–Trinajstić information content (AvgIpc) is 2.85. The maximum absolute atomic E-state index is 12.4. The van der Waals surface area contributed by atoms with E-state index in [2.05, 4.69) is 22.3 Å². The molecule has 0 aliphatic carbocycles. The third-order valence-electron chi connectivity index (χ3n) is 6.50. The summed E-state index contributed by atoms with van der Waals surface area (Å²) in [5.74, 6) is 0.793. The van der Waals surface area contributed by atoms with Gasteiger partial charge in [0.1, 0.15) is 5.75 Å². The quantitative estimate of drug-likeness (QED) is 0.422. The minimum absolute atomic E-state index is 0.0000189. The summed E-state index contributed by atoms with van der Waals surface area (Å²) in [6.45, 7) is 2.96. The van der Waals surface area contributed by atoms with Crippen LogP contribution in [0.1, 0.15) is 53.1 Å². The molecule has 0 radical (unpaired) electrons. The van der Waals surface area contributed by atoms with Crippen LogP contribution in [0.15, 0.2) is 78.9 Å². The molecule has 1 saturated heterocycles. The van der Waals surface area contributed by atoms with Crippen LogP contribution in [-0.4, -0.2) is 41.3 Å². The number of amides is 1. The number of hydrogen-bond acceptors (Lipinski definition) is 4. The highest BCUT2D eigenvalue weighted by Gasteiger charge is 2.21. The number of anilines is 1. The number of benzene rings is 3. The van der Waals surface area contributed by atoms with Crippen molar-refractivity contribution in [2.75, 3.05) is 25.0 Å². The molecular formula is C29H32N2O3. The number of Topliss-reactive ketones (excluding diaryl/α,β-unsaturated/α-hetero) is 1. The standard InChI is InChI=1S/C29H32N2O3/c32-27-13-11-24(12-14-27)28(33)10-5-17-31-18-15-23(16-19-31)25-8-4-9-26(21-25)30-29(34)20-22-6-2-1-3-7-22/h1-4,6-9,11-14,21,23,32H,5,10,15-20H2,(H,30,34). The number of carbonyl (C=O) groups is 2. The monoisotopic (exact) mass is 456 g/mol. The van der Waals surface area contributed by atoms with Gasteiger partial charge in [-0.1, -0.05) is 42.5 Å². The predicted octanol–water partition coefficient (Wildman–Crippen LogP) is 5.42. The molecule has 0 spiro atoms. The van der Waals surface area contributed by atoms with Gasteiger partial charge in [-0.15, -0.1) is 0 Å². The van der Waals surface area contributed by atoms with Gasteiger partial charge in [0.05, 0.1) is 6.42 Å². The number of ketones is 1. The van der Waals surface area contributed by atoms with Crippen LogP contribution in [0, 0.1) is 0 Å². The number of carbonyl (C=O) groups excluding carboxylic acids is 2. The van der Waals surface area contributed by atoms with E-state index < -0.39 is 0 Å². The SMILES string of the molecule is O=C(Cc1ccccc1)Nc1cccc(C2CCN(CCCC(=O)c3ccc(O)cc3)CC2)c1. The first-order chi connectivity index (χ1) is 16.6. The van der Waals surface area contributed by atoms with Gasteiger partial charge in [-0.25, -0.2) is 0 Å². The van der Waals surface area contributed by atoms with Crippen LogP contribution in [0.4, 0.5) is 5.69 Å². The molecule has 0 unspecified atom stereocenters. The molecule has 5 heteroatoms. The molecule has 176 valence electrons. The minimum atomic E-state index is 0.0000189. The number of aromatic hydroxyl groups is 1. The fourth-order valence-corrected chi connectivity index (χ4v) is 4.60. The Labute approximate surface area is 201 Å². The second kappa shape index (κ2) is 11.6. The van der Waals surface area contributed by atoms with Crippen molar-refractivity contribution < 1.29 is 14.7 Å². The lowest BCUT2D eigenvalue weighted by Gasteiger charge is -2.32. The van der Waals surface area contributed by atoms with Crippen LogP contribution in [0.5, 0.6) is 5.75 Å². The first-order valence-electron chi connectivity index (χ1n) is 12.0. The molecule has 5 nitrogen and oxygen atoms in total. The summed E-state index contributed by atoms with van der Waals surface area (Å²) in [5.41, 5.74) is 3.80. The lowest BCUT2D eigenvalue weighted by Crippen LogP contribution is -2.33. The fourth-order valence-electron chi connectivity index (χ4n) is 4.60. The second-order valence-electron chi connectivity index (χ2n) is 9.03. The second-order valence-corrected chi connectivity index (χ2v) is 9.03. The number of likely N-dealkylation sites (tertiary alicyclic amines) is 1. The molecule has 3 aromatic rings. The van der Waals surface area contributed by atoms with Gasteiger partial charge < -0.3 is 15.3 Å². The molecule has 34 heavy (non-hydrogen) atoms. The van der Waals surface area contributed by atoms with Crippen LogP contribution in [0.2, 0.25) is 0 Å². The van der Waals surface area contributed by atoms with E-state index in [9.17, 15) is 14.7 Å². The van der Waals surface area contributed by atoms with Gasteiger partial charge in [0.15, 0.2) is 5.78 Å². The third-order valence-corrected chi connectivity index (χ3v) is 6.50. The normalized spacial score (nSPS) is 14.6. The maximum atomic E-state index is 12.4. The Hall–Kier alpha value is -3.44. The van der Waals surface area contributed by atoms with Crippen LogP contribution >= 0.6 is 0 Å². The first kappa shape index (κ1) is 23.7. The highest BCUT2D eigenvalue weighted by molar-refractivity contribution is 5.96. The number of phenols is 1. The summed E-state index contributed by atoms with van der Waals surface area (Å²) in [7, 11) is 0. The summed E-state index contributed by atoms with van der Waals surface area (Å²) in [4.78, 5) is 27.2. The zero-order valence-corrected chi connectivity index (χ0v) is 19.5. The number of rotatable bonds is 9. The number of nitrogens with one attached hydrogen (secondary N) is 1. The molecule has 1 aliphatic heterocycles. The van der Waals surface area contributed by atoms with Crippen molar-refractivity contribution in [1.82, 2.24) is 4.90 Å². The summed E-state index contributed by atoms with van der Waals surface area (Å²) in [6, 6.07) is 24.5. The van der Waals surface area contributed by atoms with Crippen molar-refractivity contribution in [2.45, 2.75) is 38.0 Å². The van der Waals surface area contributed by atoms with E-state index in [1.165, 1.54) is 5.56 Å². The molecule has 4 rings (SSSR count). The Morgan fingerprint density at radius 2 is 1.65 bits per heavy atom. The van der Waals surface area contributed by atoms with E-state index in [-0.39, 0.29) is 17.4 Å². The van der Waals surface area contributed by atoms with E-state index >= 15 is 0 Å². The molecule has 1 fully saturated rings. The van der Waals surface area contributed by atoms with Gasteiger partial charge in [-0.3, -0.25) is 9.59 Å². The zero-order chi connectivity index (χ0) is 23.8. The van der Waals surface area contributed by atoms with Gasteiger partial charge in [-0.2, -0.15) is 0 Å². The summed E-state index contributed by atoms with van der Waals surface area (Å²) in [5, 5.41) is 12.4. The van der Waals surface area contributed by atoms with E-state index in [0.717, 1.165) is 50.1 Å². The Kier molecular flexibility index (Phi) is 8.10. The molecule has 0 atom stereocenters. The largest absolute Gasteiger partial charge is 0.508 e. The number of hydrogen-bond donors (Lipinski definition) is 2. The molecular weight excluding hydrogens is 424 g/mol. The van der Waals surface area contributed by atoms with Crippen LogP contribution in [0.25, 0.3) is 0 Å². The fraction of sp³-hybridized carbons (Fsp3) is 0.310. The number of piperidine rings is 1. The Morgan fingerprint density at radius 3 is 2.38 bits per heavy atom. The first-order valence-corrected chi connectivity index (χ1v) is 12.0. The van der Waals surface area contributed by atoms with Crippen molar-refractivity contribution >= 4 is 17.4 Å². The molecule has 1 aliphatic rings. The van der Waals surface area contributed by atoms with E-state index in [0.29, 0.717) is 24.3 Å². The maximum Gasteiger partial charge on any atom is 0.228 e. The molecule has 1 amide bonds. The molecule has 0 saturated carbocycles. The lowest BCUT2D eigenvalue weighted by molar-refractivity contribution is -0.115.